The number of aliphatic hydroxyl groups is 1. The highest BCUT2D eigenvalue weighted by Gasteiger charge is 2.23. The summed E-state index contributed by atoms with van der Waals surface area (Å²) in [4.78, 5) is 14.3. The van der Waals surface area contributed by atoms with Crippen LogP contribution in [0.15, 0.2) is 24.3 Å². The predicted octanol–water partition coefficient (Wildman–Crippen LogP) is 1.32. The molecule has 1 aliphatic heterocycles. The van der Waals surface area contributed by atoms with Gasteiger partial charge in [0, 0.05) is 24.9 Å². The van der Waals surface area contributed by atoms with Gasteiger partial charge in [0.05, 0.1) is 6.54 Å². The first-order chi connectivity index (χ1) is 10.2. The highest BCUT2D eigenvalue weighted by atomic mass is 16.3. The van der Waals surface area contributed by atoms with E-state index in [1.807, 2.05) is 24.3 Å². The Morgan fingerprint density at radius 1 is 1.33 bits per heavy atom. The third kappa shape index (κ3) is 4.81. The van der Waals surface area contributed by atoms with Gasteiger partial charge in [-0.15, -0.1) is 0 Å². The van der Waals surface area contributed by atoms with E-state index in [0.29, 0.717) is 19.1 Å². The standard InChI is InChI=1S/C16H25N3O2/c17-11-13-4-6-14(7-5-13)18-16(21)12-19-9-2-1-3-15(19)8-10-20/h4-7,15,20H,1-3,8-12,17H2,(H,18,21). The molecule has 116 valence electrons. The molecular weight excluding hydrogens is 266 g/mol. The average Bonchev–Trinajstić information content (AvgIpc) is 2.50. The molecule has 5 heteroatoms. The molecule has 4 N–H and O–H groups in total. The minimum absolute atomic E-state index is 0.000313. The molecule has 2 rings (SSSR count). The first-order valence-corrected chi connectivity index (χ1v) is 7.66. The summed E-state index contributed by atoms with van der Waals surface area (Å²) in [5.41, 5.74) is 7.40. The number of rotatable bonds is 6. The molecule has 1 atom stereocenters. The molecule has 0 aliphatic carbocycles. The van der Waals surface area contributed by atoms with Crippen molar-refractivity contribution in [1.29, 1.82) is 0 Å². The van der Waals surface area contributed by atoms with Crippen molar-refractivity contribution in [3.05, 3.63) is 29.8 Å². The Morgan fingerprint density at radius 2 is 2.10 bits per heavy atom. The number of anilines is 1. The first kappa shape index (κ1) is 15.9. The molecule has 0 radical (unpaired) electrons. The second-order valence-electron chi connectivity index (χ2n) is 5.58. The van der Waals surface area contributed by atoms with Gasteiger partial charge in [-0.25, -0.2) is 0 Å². The van der Waals surface area contributed by atoms with E-state index < -0.39 is 0 Å². The van der Waals surface area contributed by atoms with E-state index in [9.17, 15) is 4.79 Å². The van der Waals surface area contributed by atoms with Crippen LogP contribution in [0.1, 0.15) is 31.2 Å². The van der Waals surface area contributed by atoms with Crippen LogP contribution in [-0.2, 0) is 11.3 Å². The Labute approximate surface area is 126 Å². The van der Waals surface area contributed by atoms with E-state index in [-0.39, 0.29) is 12.5 Å². The zero-order valence-electron chi connectivity index (χ0n) is 12.4. The number of carbonyl (C=O) groups is 1. The highest BCUT2D eigenvalue weighted by Crippen LogP contribution is 2.19. The molecular formula is C16H25N3O2. The fourth-order valence-electron chi connectivity index (χ4n) is 2.85. The number of nitrogens with zero attached hydrogens (tertiary/aromatic N) is 1. The number of hydrogen-bond donors (Lipinski definition) is 3. The summed E-state index contributed by atoms with van der Waals surface area (Å²) in [6, 6.07) is 7.92. The number of amides is 1. The van der Waals surface area contributed by atoms with E-state index in [0.717, 1.165) is 37.1 Å². The van der Waals surface area contributed by atoms with Gasteiger partial charge >= 0.3 is 0 Å². The van der Waals surface area contributed by atoms with Crippen molar-refractivity contribution in [2.75, 3.05) is 25.0 Å². The van der Waals surface area contributed by atoms with Crippen molar-refractivity contribution < 1.29 is 9.90 Å². The summed E-state index contributed by atoms with van der Waals surface area (Å²) < 4.78 is 0. The van der Waals surface area contributed by atoms with Gasteiger partial charge in [-0.1, -0.05) is 18.6 Å². The summed E-state index contributed by atoms with van der Waals surface area (Å²) in [6.07, 6.45) is 4.13. The van der Waals surface area contributed by atoms with Gasteiger partial charge in [0.25, 0.3) is 0 Å². The second-order valence-corrected chi connectivity index (χ2v) is 5.58. The third-order valence-electron chi connectivity index (χ3n) is 4.03. The molecule has 1 heterocycles. The van der Waals surface area contributed by atoms with Crippen LogP contribution in [0.2, 0.25) is 0 Å². The Kier molecular flexibility index (Phi) is 6.17. The van der Waals surface area contributed by atoms with Crippen molar-refractivity contribution >= 4 is 11.6 Å². The topological polar surface area (TPSA) is 78.6 Å². The quantitative estimate of drug-likeness (QED) is 0.738. The van der Waals surface area contributed by atoms with Crippen molar-refractivity contribution in [1.82, 2.24) is 4.90 Å². The van der Waals surface area contributed by atoms with Gasteiger partial charge in [0.15, 0.2) is 0 Å². The lowest BCUT2D eigenvalue weighted by Gasteiger charge is -2.34. The Balaban J connectivity index is 1.87. The predicted molar refractivity (Wildman–Crippen MR) is 83.9 cm³/mol. The Hall–Kier alpha value is -1.43. The van der Waals surface area contributed by atoms with E-state index in [1.54, 1.807) is 0 Å². The fraction of sp³-hybridized carbons (Fsp3) is 0.562. The maximum Gasteiger partial charge on any atom is 0.238 e. The van der Waals surface area contributed by atoms with Gasteiger partial charge in [-0.3, -0.25) is 9.69 Å². The summed E-state index contributed by atoms with van der Waals surface area (Å²) in [5, 5.41) is 12.0. The SMILES string of the molecule is NCc1ccc(NC(=O)CN2CCCCC2CCO)cc1. The molecule has 0 spiro atoms. The van der Waals surface area contributed by atoms with Crippen LogP contribution in [0.3, 0.4) is 0 Å². The van der Waals surface area contributed by atoms with E-state index in [4.69, 9.17) is 10.8 Å². The van der Waals surface area contributed by atoms with Gasteiger partial charge in [0.2, 0.25) is 5.91 Å². The molecule has 1 aliphatic rings. The highest BCUT2D eigenvalue weighted by molar-refractivity contribution is 5.92. The lowest BCUT2D eigenvalue weighted by Crippen LogP contribution is -2.44. The lowest BCUT2D eigenvalue weighted by atomic mass is 9.99. The van der Waals surface area contributed by atoms with Gasteiger partial charge in [-0.05, 0) is 43.5 Å². The summed E-state index contributed by atoms with van der Waals surface area (Å²) in [6.45, 7) is 2.02. The Bertz CT molecular complexity index is 445. The molecule has 1 saturated heterocycles. The molecule has 5 nitrogen and oxygen atoms in total. The van der Waals surface area contributed by atoms with Gasteiger partial charge < -0.3 is 16.2 Å². The van der Waals surface area contributed by atoms with Crippen molar-refractivity contribution in [2.24, 2.45) is 5.73 Å². The van der Waals surface area contributed by atoms with Crippen LogP contribution in [0, 0.1) is 0 Å². The van der Waals surface area contributed by atoms with Crippen LogP contribution in [0.4, 0.5) is 5.69 Å². The van der Waals surface area contributed by atoms with Crippen molar-refractivity contribution in [3.63, 3.8) is 0 Å². The number of benzene rings is 1. The van der Waals surface area contributed by atoms with Crippen LogP contribution in [-0.4, -0.2) is 41.7 Å². The number of nitrogens with one attached hydrogen (secondary N) is 1. The number of piperidine rings is 1. The molecule has 1 aromatic carbocycles. The minimum Gasteiger partial charge on any atom is -0.396 e. The Morgan fingerprint density at radius 3 is 2.76 bits per heavy atom. The van der Waals surface area contributed by atoms with Crippen LogP contribution in [0.5, 0.6) is 0 Å². The monoisotopic (exact) mass is 291 g/mol. The van der Waals surface area contributed by atoms with Gasteiger partial charge in [-0.2, -0.15) is 0 Å². The second kappa shape index (κ2) is 8.12. The maximum absolute atomic E-state index is 12.1. The summed E-state index contributed by atoms with van der Waals surface area (Å²) in [5.74, 6) is 0.000313. The normalized spacial score (nSPS) is 19.4. The fourth-order valence-corrected chi connectivity index (χ4v) is 2.85. The average molecular weight is 291 g/mol. The van der Waals surface area contributed by atoms with E-state index in [1.165, 1.54) is 6.42 Å². The van der Waals surface area contributed by atoms with E-state index >= 15 is 0 Å². The maximum atomic E-state index is 12.1. The molecule has 0 bridgehead atoms. The molecule has 1 unspecified atom stereocenters. The molecule has 0 aromatic heterocycles. The van der Waals surface area contributed by atoms with Crippen LogP contribution < -0.4 is 11.1 Å². The lowest BCUT2D eigenvalue weighted by molar-refractivity contribution is -0.118. The minimum atomic E-state index is 0.000313. The molecule has 21 heavy (non-hydrogen) atoms. The van der Waals surface area contributed by atoms with Crippen molar-refractivity contribution in [3.8, 4) is 0 Å². The smallest absolute Gasteiger partial charge is 0.238 e. The number of nitrogens with two attached hydrogens (primary N) is 1. The van der Waals surface area contributed by atoms with Crippen LogP contribution in [0.25, 0.3) is 0 Å². The number of carbonyl (C=O) groups excluding carboxylic acids is 1. The number of hydrogen-bond acceptors (Lipinski definition) is 4. The number of likely N-dealkylation sites (tertiary alicyclic amines) is 1. The number of aliphatic hydroxyl groups excluding tert-OH is 1. The molecule has 1 fully saturated rings. The van der Waals surface area contributed by atoms with E-state index in [2.05, 4.69) is 10.2 Å². The van der Waals surface area contributed by atoms with Gasteiger partial charge in [0.1, 0.15) is 0 Å². The summed E-state index contributed by atoms with van der Waals surface area (Å²) >= 11 is 0. The molecule has 1 amide bonds. The zero-order chi connectivity index (χ0) is 15.1. The van der Waals surface area contributed by atoms with Crippen molar-refractivity contribution in [2.45, 2.75) is 38.3 Å². The van der Waals surface area contributed by atoms with Crippen LogP contribution >= 0.6 is 0 Å². The molecule has 0 saturated carbocycles. The zero-order valence-corrected chi connectivity index (χ0v) is 12.4. The largest absolute Gasteiger partial charge is 0.396 e. The first-order valence-electron chi connectivity index (χ1n) is 7.66. The molecule has 1 aromatic rings. The summed E-state index contributed by atoms with van der Waals surface area (Å²) in [7, 11) is 0. The third-order valence-corrected chi connectivity index (χ3v) is 4.03.